The van der Waals surface area contributed by atoms with Crippen LogP contribution in [0.4, 0.5) is 4.39 Å². The van der Waals surface area contributed by atoms with E-state index in [4.69, 9.17) is 4.74 Å². The smallest absolute Gasteiger partial charge is 0.264 e. The third-order valence-electron chi connectivity index (χ3n) is 3.97. The molecule has 0 radical (unpaired) electrons. The molecule has 1 amide bonds. The monoisotopic (exact) mass is 369 g/mol. The fourth-order valence-electron chi connectivity index (χ4n) is 2.57. The van der Waals surface area contributed by atoms with Gasteiger partial charge in [0.1, 0.15) is 11.6 Å². The predicted octanol–water partition coefficient (Wildman–Crippen LogP) is 4.95. The first kappa shape index (κ1) is 18.1. The zero-order valence-electron chi connectivity index (χ0n) is 14.6. The molecule has 0 bridgehead atoms. The summed E-state index contributed by atoms with van der Waals surface area (Å²) in [5.41, 5.74) is -0.108. The summed E-state index contributed by atoms with van der Waals surface area (Å²) in [4.78, 5) is 14.0. The SMILES string of the molecule is CC(C)(Oc1ccc(F)cc1)C(=O)NC(c1ccccc1)c1cccs1. The van der Waals surface area contributed by atoms with Gasteiger partial charge in [0.05, 0.1) is 6.04 Å². The lowest BCUT2D eigenvalue weighted by atomic mass is 10.0. The van der Waals surface area contributed by atoms with Gasteiger partial charge in [0.15, 0.2) is 5.60 Å². The summed E-state index contributed by atoms with van der Waals surface area (Å²) in [6, 6.07) is 19.2. The van der Waals surface area contributed by atoms with Crippen LogP contribution in [-0.2, 0) is 4.79 Å². The molecule has 3 rings (SSSR count). The van der Waals surface area contributed by atoms with Crippen LogP contribution in [-0.4, -0.2) is 11.5 Å². The van der Waals surface area contributed by atoms with Gasteiger partial charge in [-0.15, -0.1) is 11.3 Å². The Bertz CT molecular complexity index is 845. The highest BCUT2D eigenvalue weighted by atomic mass is 32.1. The maximum absolute atomic E-state index is 13.1. The van der Waals surface area contributed by atoms with Crippen LogP contribution in [0, 0.1) is 5.82 Å². The standard InChI is InChI=1S/C21H20FNO2S/c1-21(2,25-17-12-10-16(22)11-13-17)20(24)23-19(18-9-6-14-26-18)15-7-4-3-5-8-15/h3-14,19H,1-2H3,(H,23,24). The lowest BCUT2D eigenvalue weighted by Gasteiger charge is -2.28. The summed E-state index contributed by atoms with van der Waals surface area (Å²) in [5.74, 6) is -0.149. The number of halogens is 1. The summed E-state index contributed by atoms with van der Waals surface area (Å²) in [7, 11) is 0. The van der Waals surface area contributed by atoms with E-state index in [1.807, 2.05) is 47.8 Å². The van der Waals surface area contributed by atoms with Crippen molar-refractivity contribution in [3.8, 4) is 5.75 Å². The van der Waals surface area contributed by atoms with Gasteiger partial charge < -0.3 is 10.1 Å². The molecule has 3 aromatic rings. The van der Waals surface area contributed by atoms with Crippen molar-refractivity contribution in [2.45, 2.75) is 25.5 Å². The van der Waals surface area contributed by atoms with E-state index in [-0.39, 0.29) is 17.8 Å². The fraction of sp³-hybridized carbons (Fsp3) is 0.190. The molecule has 0 saturated carbocycles. The summed E-state index contributed by atoms with van der Waals surface area (Å²) in [6.07, 6.45) is 0. The van der Waals surface area contributed by atoms with Crippen molar-refractivity contribution in [1.29, 1.82) is 0 Å². The summed E-state index contributed by atoms with van der Waals surface area (Å²) >= 11 is 1.59. The van der Waals surface area contributed by atoms with E-state index < -0.39 is 5.60 Å². The van der Waals surface area contributed by atoms with Crippen LogP contribution < -0.4 is 10.1 Å². The van der Waals surface area contributed by atoms with Crippen molar-refractivity contribution in [2.75, 3.05) is 0 Å². The molecular formula is C21H20FNO2S. The molecule has 26 heavy (non-hydrogen) atoms. The summed E-state index contributed by atoms with van der Waals surface area (Å²) in [5, 5.41) is 5.06. The number of amides is 1. The van der Waals surface area contributed by atoms with Crippen LogP contribution in [0.5, 0.6) is 5.75 Å². The molecule has 1 N–H and O–H groups in total. The van der Waals surface area contributed by atoms with E-state index in [9.17, 15) is 9.18 Å². The van der Waals surface area contributed by atoms with E-state index in [2.05, 4.69) is 5.32 Å². The molecule has 0 spiro atoms. The van der Waals surface area contributed by atoms with Crippen LogP contribution in [0.2, 0.25) is 0 Å². The minimum absolute atomic E-state index is 0.246. The first-order valence-electron chi connectivity index (χ1n) is 8.29. The third-order valence-corrected chi connectivity index (χ3v) is 4.91. The Morgan fingerprint density at radius 2 is 1.73 bits per heavy atom. The Labute approximate surface area is 156 Å². The third kappa shape index (κ3) is 4.29. The van der Waals surface area contributed by atoms with Gasteiger partial charge in [-0.25, -0.2) is 4.39 Å². The predicted molar refractivity (Wildman–Crippen MR) is 102 cm³/mol. The first-order valence-corrected chi connectivity index (χ1v) is 9.17. The zero-order valence-corrected chi connectivity index (χ0v) is 15.4. The number of benzene rings is 2. The molecule has 2 aromatic carbocycles. The largest absolute Gasteiger partial charge is 0.478 e. The molecule has 1 atom stereocenters. The zero-order chi connectivity index (χ0) is 18.6. The molecule has 0 saturated heterocycles. The lowest BCUT2D eigenvalue weighted by molar-refractivity contribution is -0.134. The molecule has 5 heteroatoms. The van der Waals surface area contributed by atoms with Crippen LogP contribution >= 0.6 is 11.3 Å². The van der Waals surface area contributed by atoms with Gasteiger partial charge in [0.2, 0.25) is 0 Å². The highest BCUT2D eigenvalue weighted by molar-refractivity contribution is 7.10. The second kappa shape index (κ2) is 7.70. The van der Waals surface area contributed by atoms with Crippen LogP contribution in [0.25, 0.3) is 0 Å². The van der Waals surface area contributed by atoms with Crippen molar-refractivity contribution in [3.63, 3.8) is 0 Å². The van der Waals surface area contributed by atoms with Gasteiger partial charge in [-0.2, -0.15) is 0 Å². The number of rotatable bonds is 6. The molecule has 0 fully saturated rings. The first-order chi connectivity index (χ1) is 12.5. The molecule has 1 heterocycles. The minimum atomic E-state index is -1.11. The van der Waals surface area contributed by atoms with Gasteiger partial charge in [-0.3, -0.25) is 4.79 Å². The van der Waals surface area contributed by atoms with E-state index in [0.717, 1.165) is 10.4 Å². The van der Waals surface area contributed by atoms with Gasteiger partial charge in [0, 0.05) is 4.88 Å². The van der Waals surface area contributed by atoms with Gasteiger partial charge >= 0.3 is 0 Å². The van der Waals surface area contributed by atoms with E-state index in [0.29, 0.717) is 5.75 Å². The number of carbonyl (C=O) groups excluding carboxylic acids is 1. The van der Waals surface area contributed by atoms with Gasteiger partial charge in [0.25, 0.3) is 5.91 Å². The molecule has 0 aliphatic heterocycles. The maximum Gasteiger partial charge on any atom is 0.264 e. The second-order valence-electron chi connectivity index (χ2n) is 6.40. The quantitative estimate of drug-likeness (QED) is 0.668. The number of ether oxygens (including phenoxy) is 1. The van der Waals surface area contributed by atoms with Crippen molar-refractivity contribution in [1.82, 2.24) is 5.32 Å². The van der Waals surface area contributed by atoms with Crippen molar-refractivity contribution in [3.05, 3.63) is 88.4 Å². The van der Waals surface area contributed by atoms with Crippen molar-refractivity contribution in [2.24, 2.45) is 0 Å². The Morgan fingerprint density at radius 1 is 1.04 bits per heavy atom. The minimum Gasteiger partial charge on any atom is -0.478 e. The summed E-state index contributed by atoms with van der Waals surface area (Å²) in [6.45, 7) is 3.39. The number of nitrogens with one attached hydrogen (secondary N) is 1. The molecule has 0 aliphatic rings. The topological polar surface area (TPSA) is 38.3 Å². The average molecular weight is 369 g/mol. The Hall–Kier alpha value is -2.66. The average Bonchev–Trinajstić information content (AvgIpc) is 3.16. The molecule has 0 aliphatic carbocycles. The van der Waals surface area contributed by atoms with Crippen molar-refractivity contribution >= 4 is 17.2 Å². The number of thiophene rings is 1. The van der Waals surface area contributed by atoms with Crippen LogP contribution in [0.15, 0.2) is 72.1 Å². The van der Waals surface area contributed by atoms with Crippen molar-refractivity contribution < 1.29 is 13.9 Å². The van der Waals surface area contributed by atoms with E-state index in [1.165, 1.54) is 24.3 Å². The van der Waals surface area contributed by atoms with Gasteiger partial charge in [-0.05, 0) is 55.1 Å². The van der Waals surface area contributed by atoms with Gasteiger partial charge in [-0.1, -0.05) is 36.4 Å². The Kier molecular flexibility index (Phi) is 5.38. The maximum atomic E-state index is 13.1. The summed E-state index contributed by atoms with van der Waals surface area (Å²) < 4.78 is 18.9. The number of hydrogen-bond donors (Lipinski definition) is 1. The normalized spacial score (nSPS) is 12.4. The van der Waals surface area contributed by atoms with E-state index in [1.54, 1.807) is 25.2 Å². The molecule has 3 nitrogen and oxygen atoms in total. The molecule has 1 aromatic heterocycles. The Morgan fingerprint density at radius 3 is 2.35 bits per heavy atom. The highest BCUT2D eigenvalue weighted by Gasteiger charge is 2.32. The van der Waals surface area contributed by atoms with Crippen LogP contribution in [0.1, 0.15) is 30.3 Å². The number of carbonyl (C=O) groups is 1. The van der Waals surface area contributed by atoms with Crippen LogP contribution in [0.3, 0.4) is 0 Å². The molecular weight excluding hydrogens is 349 g/mol. The van der Waals surface area contributed by atoms with E-state index >= 15 is 0 Å². The fourth-order valence-corrected chi connectivity index (χ4v) is 3.37. The number of hydrogen-bond acceptors (Lipinski definition) is 3. The molecule has 1 unspecified atom stereocenters. The lowest BCUT2D eigenvalue weighted by Crippen LogP contribution is -2.47. The highest BCUT2D eigenvalue weighted by Crippen LogP contribution is 2.27. The Balaban J connectivity index is 1.79. The second-order valence-corrected chi connectivity index (χ2v) is 7.38. The molecule has 134 valence electrons.